The normalized spacial score (nSPS) is 14.7. The molecule has 0 heterocycles. The van der Waals surface area contributed by atoms with Gasteiger partial charge in [0, 0.05) is 0 Å². The highest BCUT2D eigenvalue weighted by atomic mass is 16.4. The van der Waals surface area contributed by atoms with Crippen LogP contribution in [-0.2, 0) is 9.59 Å². The molecule has 0 aliphatic rings. The highest BCUT2D eigenvalue weighted by Crippen LogP contribution is 2.05. The van der Waals surface area contributed by atoms with Crippen LogP contribution in [0.25, 0.3) is 0 Å². The molecule has 15 heavy (non-hydrogen) atoms. The Bertz CT molecular complexity index is 225. The average molecular weight is 217 g/mol. The minimum atomic E-state index is -1.04. The lowest BCUT2D eigenvalue weighted by atomic mass is 10.0. The van der Waals surface area contributed by atoms with Gasteiger partial charge in [0.1, 0.15) is 6.04 Å². The third-order valence-electron chi connectivity index (χ3n) is 1.82. The first-order valence-electron chi connectivity index (χ1n) is 5.03. The van der Waals surface area contributed by atoms with Gasteiger partial charge >= 0.3 is 5.97 Å². The molecular formula is C10H19NO4. The zero-order valence-electron chi connectivity index (χ0n) is 9.36. The SMILES string of the molecule is CC(C)CC(NC(=O)CC(C)O)C(=O)O. The molecule has 2 unspecified atom stereocenters. The van der Waals surface area contributed by atoms with Gasteiger partial charge in [0.2, 0.25) is 5.91 Å². The van der Waals surface area contributed by atoms with Gasteiger partial charge in [-0.05, 0) is 19.3 Å². The summed E-state index contributed by atoms with van der Waals surface area (Å²) in [6.07, 6.45) is -0.429. The van der Waals surface area contributed by atoms with E-state index in [1.165, 1.54) is 6.92 Å². The van der Waals surface area contributed by atoms with E-state index in [-0.39, 0.29) is 12.3 Å². The molecule has 0 aromatic heterocycles. The van der Waals surface area contributed by atoms with Crippen LogP contribution in [-0.4, -0.2) is 34.2 Å². The topological polar surface area (TPSA) is 86.6 Å². The van der Waals surface area contributed by atoms with E-state index in [9.17, 15) is 9.59 Å². The van der Waals surface area contributed by atoms with Gasteiger partial charge in [-0.3, -0.25) is 4.79 Å². The van der Waals surface area contributed by atoms with Crippen molar-refractivity contribution >= 4 is 11.9 Å². The lowest BCUT2D eigenvalue weighted by Gasteiger charge is -2.16. The van der Waals surface area contributed by atoms with Crippen LogP contribution in [0, 0.1) is 5.92 Å². The van der Waals surface area contributed by atoms with Crippen LogP contribution in [0.3, 0.4) is 0 Å². The van der Waals surface area contributed by atoms with Crippen molar-refractivity contribution in [1.82, 2.24) is 5.32 Å². The number of carbonyl (C=O) groups excluding carboxylic acids is 1. The molecule has 0 aliphatic carbocycles. The lowest BCUT2D eigenvalue weighted by Crippen LogP contribution is -2.42. The number of hydrogen-bond acceptors (Lipinski definition) is 3. The molecule has 0 aliphatic heterocycles. The van der Waals surface area contributed by atoms with Crippen molar-refractivity contribution in [3.63, 3.8) is 0 Å². The van der Waals surface area contributed by atoms with Crippen LogP contribution in [0.15, 0.2) is 0 Å². The molecular weight excluding hydrogens is 198 g/mol. The Morgan fingerprint density at radius 1 is 1.27 bits per heavy atom. The number of nitrogens with one attached hydrogen (secondary N) is 1. The van der Waals surface area contributed by atoms with Crippen molar-refractivity contribution in [3.05, 3.63) is 0 Å². The van der Waals surface area contributed by atoms with E-state index in [2.05, 4.69) is 5.32 Å². The number of hydrogen-bond donors (Lipinski definition) is 3. The van der Waals surface area contributed by atoms with E-state index in [0.29, 0.717) is 6.42 Å². The van der Waals surface area contributed by atoms with Gasteiger partial charge in [0.15, 0.2) is 0 Å². The molecule has 0 bridgehead atoms. The molecule has 0 aromatic rings. The van der Waals surface area contributed by atoms with E-state index >= 15 is 0 Å². The van der Waals surface area contributed by atoms with Gasteiger partial charge in [0.25, 0.3) is 0 Å². The molecule has 0 aromatic carbocycles. The smallest absolute Gasteiger partial charge is 0.326 e. The van der Waals surface area contributed by atoms with E-state index in [0.717, 1.165) is 0 Å². The first kappa shape index (κ1) is 13.9. The maximum atomic E-state index is 11.2. The Hall–Kier alpha value is -1.10. The Balaban J connectivity index is 4.16. The number of aliphatic hydroxyl groups excluding tert-OH is 1. The van der Waals surface area contributed by atoms with Crippen LogP contribution in [0.2, 0.25) is 0 Å². The fourth-order valence-electron chi connectivity index (χ4n) is 1.21. The van der Waals surface area contributed by atoms with Crippen LogP contribution in [0.4, 0.5) is 0 Å². The van der Waals surface area contributed by atoms with Crippen molar-refractivity contribution in [2.45, 2.75) is 45.8 Å². The minimum absolute atomic E-state index is 0.0676. The predicted octanol–water partition coefficient (Wildman–Crippen LogP) is 0.373. The second kappa shape index (κ2) is 6.40. The summed E-state index contributed by atoms with van der Waals surface area (Å²) in [6, 6.07) is -0.865. The molecule has 2 atom stereocenters. The van der Waals surface area contributed by atoms with Crippen molar-refractivity contribution < 1.29 is 19.8 Å². The Labute approximate surface area is 89.5 Å². The Kier molecular flexibility index (Phi) is 5.93. The number of aliphatic carboxylic acids is 1. The van der Waals surface area contributed by atoms with Crippen LogP contribution in [0.1, 0.15) is 33.6 Å². The molecule has 5 nitrogen and oxygen atoms in total. The molecule has 1 amide bonds. The summed E-state index contributed by atoms with van der Waals surface area (Å²) in [4.78, 5) is 22.0. The maximum Gasteiger partial charge on any atom is 0.326 e. The van der Waals surface area contributed by atoms with E-state index in [1.807, 2.05) is 13.8 Å². The van der Waals surface area contributed by atoms with E-state index < -0.39 is 24.0 Å². The second-order valence-corrected chi connectivity index (χ2v) is 4.14. The quantitative estimate of drug-likeness (QED) is 0.600. The van der Waals surface area contributed by atoms with Gasteiger partial charge in [-0.1, -0.05) is 13.8 Å². The van der Waals surface area contributed by atoms with Gasteiger partial charge in [-0.25, -0.2) is 4.79 Å². The van der Waals surface area contributed by atoms with Crippen LogP contribution in [0.5, 0.6) is 0 Å². The zero-order valence-corrected chi connectivity index (χ0v) is 9.36. The molecule has 5 heteroatoms. The fraction of sp³-hybridized carbons (Fsp3) is 0.800. The summed E-state index contributed by atoms with van der Waals surface area (Å²) in [5, 5.41) is 20.2. The number of aliphatic hydroxyl groups is 1. The number of carboxylic acids is 1. The second-order valence-electron chi connectivity index (χ2n) is 4.14. The largest absolute Gasteiger partial charge is 0.480 e. The van der Waals surface area contributed by atoms with E-state index in [1.54, 1.807) is 0 Å². The summed E-state index contributed by atoms with van der Waals surface area (Å²) in [7, 11) is 0. The van der Waals surface area contributed by atoms with Crippen molar-refractivity contribution in [3.8, 4) is 0 Å². The molecule has 0 saturated carbocycles. The van der Waals surface area contributed by atoms with Gasteiger partial charge in [0.05, 0.1) is 12.5 Å². The number of amides is 1. The summed E-state index contributed by atoms with van der Waals surface area (Å²) in [5.41, 5.74) is 0. The van der Waals surface area contributed by atoms with Gasteiger partial charge < -0.3 is 15.5 Å². The zero-order chi connectivity index (χ0) is 12.0. The molecule has 88 valence electrons. The first-order chi connectivity index (χ1) is 6.82. The molecule has 0 fully saturated rings. The lowest BCUT2D eigenvalue weighted by molar-refractivity contribution is -0.142. The first-order valence-corrected chi connectivity index (χ1v) is 5.03. The predicted molar refractivity (Wildman–Crippen MR) is 55.3 cm³/mol. The van der Waals surface area contributed by atoms with Crippen molar-refractivity contribution in [2.75, 3.05) is 0 Å². The summed E-state index contributed by atoms with van der Waals surface area (Å²) >= 11 is 0. The summed E-state index contributed by atoms with van der Waals surface area (Å²) in [6.45, 7) is 5.26. The third kappa shape index (κ3) is 6.90. The summed E-state index contributed by atoms with van der Waals surface area (Å²) in [5.74, 6) is -1.28. The molecule has 0 saturated heterocycles. The van der Waals surface area contributed by atoms with Crippen molar-refractivity contribution in [1.29, 1.82) is 0 Å². The number of rotatable bonds is 6. The van der Waals surface area contributed by atoms with Gasteiger partial charge in [-0.15, -0.1) is 0 Å². The van der Waals surface area contributed by atoms with Crippen LogP contribution < -0.4 is 5.32 Å². The Morgan fingerprint density at radius 3 is 2.13 bits per heavy atom. The molecule has 0 radical (unpaired) electrons. The minimum Gasteiger partial charge on any atom is -0.480 e. The van der Waals surface area contributed by atoms with Crippen molar-refractivity contribution in [2.24, 2.45) is 5.92 Å². The molecule has 3 N–H and O–H groups in total. The highest BCUT2D eigenvalue weighted by Gasteiger charge is 2.21. The third-order valence-corrected chi connectivity index (χ3v) is 1.82. The molecule has 0 rings (SSSR count). The Morgan fingerprint density at radius 2 is 1.80 bits per heavy atom. The fourth-order valence-corrected chi connectivity index (χ4v) is 1.21. The molecule has 0 spiro atoms. The monoisotopic (exact) mass is 217 g/mol. The van der Waals surface area contributed by atoms with E-state index in [4.69, 9.17) is 10.2 Å². The standard InChI is InChI=1S/C10H19NO4/c1-6(2)4-8(10(14)15)11-9(13)5-7(3)12/h6-8,12H,4-5H2,1-3H3,(H,11,13)(H,14,15). The number of carbonyl (C=O) groups is 2. The van der Waals surface area contributed by atoms with Crippen LogP contribution >= 0.6 is 0 Å². The van der Waals surface area contributed by atoms with Gasteiger partial charge in [-0.2, -0.15) is 0 Å². The summed E-state index contributed by atoms with van der Waals surface area (Å²) < 4.78 is 0. The number of carboxylic acid groups (broad SMARTS) is 1. The highest BCUT2D eigenvalue weighted by molar-refractivity contribution is 5.83. The maximum absolute atomic E-state index is 11.2. The average Bonchev–Trinajstić information content (AvgIpc) is 1.99.